The van der Waals surface area contributed by atoms with Gasteiger partial charge in [-0.2, -0.15) is 5.26 Å². The summed E-state index contributed by atoms with van der Waals surface area (Å²) in [4.78, 5) is 10.9. The van der Waals surface area contributed by atoms with Crippen LogP contribution < -0.4 is 4.90 Å². The third-order valence-electron chi connectivity index (χ3n) is 3.51. The maximum atomic E-state index is 8.95. The summed E-state index contributed by atoms with van der Waals surface area (Å²) in [5, 5.41) is 9.44. The summed E-state index contributed by atoms with van der Waals surface area (Å²) in [5.41, 5.74) is 1.74. The van der Waals surface area contributed by atoms with Crippen molar-refractivity contribution in [1.29, 1.82) is 5.26 Å². The SMILES string of the molecule is CN(Cc1cccc(C#N)c1)c1cc(Cl)nc(C2CC2)n1. The Bertz CT molecular complexity index is 704. The standard InChI is InChI=1S/C16H15ClN4/c1-21(10-12-4-2-3-11(7-12)9-18)15-8-14(17)19-16(20-15)13-5-6-13/h2-4,7-8,13H,5-6,10H2,1H3. The molecule has 0 amide bonds. The van der Waals surface area contributed by atoms with Gasteiger partial charge in [0.15, 0.2) is 0 Å². The predicted octanol–water partition coefficient (Wildman–Crippen LogP) is 3.52. The van der Waals surface area contributed by atoms with Crippen molar-refractivity contribution in [3.05, 3.63) is 52.4 Å². The van der Waals surface area contributed by atoms with Crippen LogP contribution in [0.1, 0.15) is 35.7 Å². The molecule has 1 heterocycles. The molecule has 1 aromatic heterocycles. The Morgan fingerprint density at radius 3 is 2.86 bits per heavy atom. The van der Waals surface area contributed by atoms with Gasteiger partial charge in [0.25, 0.3) is 0 Å². The van der Waals surface area contributed by atoms with Crippen LogP contribution in [0.2, 0.25) is 5.15 Å². The fraction of sp³-hybridized carbons (Fsp3) is 0.312. The summed E-state index contributed by atoms with van der Waals surface area (Å²) >= 11 is 6.10. The molecule has 21 heavy (non-hydrogen) atoms. The van der Waals surface area contributed by atoms with Crippen LogP contribution in [0.5, 0.6) is 0 Å². The van der Waals surface area contributed by atoms with E-state index in [2.05, 4.69) is 16.0 Å². The molecule has 0 saturated heterocycles. The second-order valence-corrected chi connectivity index (χ2v) is 5.74. The molecule has 1 aliphatic rings. The average Bonchev–Trinajstić information content (AvgIpc) is 3.31. The molecular formula is C16H15ClN4. The van der Waals surface area contributed by atoms with Crippen LogP contribution in [-0.4, -0.2) is 17.0 Å². The van der Waals surface area contributed by atoms with Gasteiger partial charge in [0.05, 0.1) is 11.6 Å². The lowest BCUT2D eigenvalue weighted by Crippen LogP contribution is -2.18. The first-order valence-electron chi connectivity index (χ1n) is 6.90. The normalized spacial score (nSPS) is 13.8. The molecule has 0 aliphatic heterocycles. The van der Waals surface area contributed by atoms with Crippen LogP contribution in [0.4, 0.5) is 5.82 Å². The molecule has 1 saturated carbocycles. The maximum Gasteiger partial charge on any atom is 0.135 e. The van der Waals surface area contributed by atoms with Gasteiger partial charge < -0.3 is 4.90 Å². The number of nitriles is 1. The minimum atomic E-state index is 0.470. The average molecular weight is 299 g/mol. The highest BCUT2D eigenvalue weighted by molar-refractivity contribution is 6.29. The van der Waals surface area contributed by atoms with Gasteiger partial charge in [0.2, 0.25) is 0 Å². The Balaban J connectivity index is 1.81. The van der Waals surface area contributed by atoms with Crippen molar-refractivity contribution in [3.8, 4) is 6.07 Å². The molecule has 1 fully saturated rings. The summed E-state index contributed by atoms with van der Waals surface area (Å²) in [7, 11) is 1.97. The third kappa shape index (κ3) is 3.32. The smallest absolute Gasteiger partial charge is 0.135 e. The highest BCUT2D eigenvalue weighted by Gasteiger charge is 2.27. The van der Waals surface area contributed by atoms with Gasteiger partial charge in [0.1, 0.15) is 16.8 Å². The van der Waals surface area contributed by atoms with Crippen molar-refractivity contribution < 1.29 is 0 Å². The predicted molar refractivity (Wildman–Crippen MR) is 82.3 cm³/mol. The summed E-state index contributed by atoms with van der Waals surface area (Å²) in [6.45, 7) is 0.674. The van der Waals surface area contributed by atoms with Crippen LogP contribution in [0, 0.1) is 11.3 Å². The molecular weight excluding hydrogens is 284 g/mol. The van der Waals surface area contributed by atoms with Gasteiger partial charge in [-0.15, -0.1) is 0 Å². The van der Waals surface area contributed by atoms with E-state index in [-0.39, 0.29) is 0 Å². The van der Waals surface area contributed by atoms with Crippen molar-refractivity contribution in [2.75, 3.05) is 11.9 Å². The first-order chi connectivity index (χ1) is 10.2. The molecule has 5 heteroatoms. The summed E-state index contributed by atoms with van der Waals surface area (Å²) in [6, 6.07) is 11.5. The van der Waals surface area contributed by atoms with Crippen LogP contribution >= 0.6 is 11.6 Å². The van der Waals surface area contributed by atoms with Crippen LogP contribution in [0.25, 0.3) is 0 Å². The summed E-state index contributed by atoms with van der Waals surface area (Å²) in [5.74, 6) is 2.13. The minimum Gasteiger partial charge on any atom is -0.355 e. The number of benzene rings is 1. The second-order valence-electron chi connectivity index (χ2n) is 5.35. The summed E-state index contributed by atoms with van der Waals surface area (Å²) in [6.07, 6.45) is 2.29. The minimum absolute atomic E-state index is 0.470. The Morgan fingerprint density at radius 1 is 1.33 bits per heavy atom. The third-order valence-corrected chi connectivity index (χ3v) is 3.70. The monoisotopic (exact) mass is 298 g/mol. The number of halogens is 1. The zero-order valence-corrected chi connectivity index (χ0v) is 12.5. The molecule has 1 aromatic carbocycles. The molecule has 0 spiro atoms. The van der Waals surface area contributed by atoms with Gasteiger partial charge in [0, 0.05) is 25.6 Å². The van der Waals surface area contributed by atoms with Crippen molar-refractivity contribution in [1.82, 2.24) is 9.97 Å². The second kappa shape index (κ2) is 5.71. The van der Waals surface area contributed by atoms with Crippen molar-refractivity contribution in [2.45, 2.75) is 25.3 Å². The molecule has 3 rings (SSSR count). The molecule has 1 aliphatic carbocycles. The van der Waals surface area contributed by atoms with Gasteiger partial charge in [-0.1, -0.05) is 23.7 Å². The molecule has 0 bridgehead atoms. The van der Waals surface area contributed by atoms with Gasteiger partial charge in [-0.05, 0) is 30.5 Å². The van der Waals surface area contributed by atoms with E-state index in [1.165, 1.54) is 0 Å². The molecule has 0 atom stereocenters. The van der Waals surface area contributed by atoms with Crippen molar-refractivity contribution in [2.24, 2.45) is 0 Å². The number of hydrogen-bond donors (Lipinski definition) is 0. The van der Waals surface area contributed by atoms with E-state index in [0.29, 0.717) is 23.2 Å². The zero-order valence-electron chi connectivity index (χ0n) is 11.8. The fourth-order valence-electron chi connectivity index (χ4n) is 2.24. The number of aromatic nitrogens is 2. The number of nitrogens with zero attached hydrogens (tertiary/aromatic N) is 4. The highest BCUT2D eigenvalue weighted by atomic mass is 35.5. The highest BCUT2D eigenvalue weighted by Crippen LogP contribution is 2.39. The lowest BCUT2D eigenvalue weighted by Gasteiger charge is -2.19. The quantitative estimate of drug-likeness (QED) is 0.811. The number of hydrogen-bond acceptors (Lipinski definition) is 4. The largest absolute Gasteiger partial charge is 0.355 e. The van der Waals surface area contributed by atoms with E-state index >= 15 is 0 Å². The zero-order chi connectivity index (χ0) is 14.8. The van der Waals surface area contributed by atoms with Crippen LogP contribution in [0.3, 0.4) is 0 Å². The Labute approximate surface area is 129 Å². The molecule has 0 N–H and O–H groups in total. The first kappa shape index (κ1) is 13.8. The first-order valence-corrected chi connectivity index (χ1v) is 7.28. The van der Waals surface area contributed by atoms with Crippen LogP contribution in [-0.2, 0) is 6.54 Å². The van der Waals surface area contributed by atoms with E-state index in [1.807, 2.05) is 30.1 Å². The maximum absolute atomic E-state index is 8.95. The van der Waals surface area contributed by atoms with E-state index in [1.54, 1.807) is 12.1 Å². The molecule has 0 radical (unpaired) electrons. The Hall–Kier alpha value is -2.12. The van der Waals surface area contributed by atoms with Crippen molar-refractivity contribution in [3.63, 3.8) is 0 Å². The lowest BCUT2D eigenvalue weighted by atomic mass is 10.1. The van der Waals surface area contributed by atoms with Gasteiger partial charge >= 0.3 is 0 Å². The molecule has 106 valence electrons. The molecule has 0 unspecified atom stereocenters. The molecule has 2 aromatic rings. The Morgan fingerprint density at radius 2 is 2.14 bits per heavy atom. The summed E-state index contributed by atoms with van der Waals surface area (Å²) < 4.78 is 0. The van der Waals surface area contributed by atoms with Crippen molar-refractivity contribution >= 4 is 17.4 Å². The Kier molecular flexibility index (Phi) is 3.76. The van der Waals surface area contributed by atoms with E-state index in [9.17, 15) is 0 Å². The number of anilines is 1. The lowest BCUT2D eigenvalue weighted by molar-refractivity contribution is 0.854. The van der Waals surface area contributed by atoms with E-state index in [0.717, 1.165) is 30.0 Å². The fourth-order valence-corrected chi connectivity index (χ4v) is 2.42. The van der Waals surface area contributed by atoms with Crippen LogP contribution in [0.15, 0.2) is 30.3 Å². The topological polar surface area (TPSA) is 52.8 Å². The van der Waals surface area contributed by atoms with Gasteiger partial charge in [-0.25, -0.2) is 9.97 Å². The molecule has 4 nitrogen and oxygen atoms in total. The van der Waals surface area contributed by atoms with E-state index < -0.39 is 0 Å². The van der Waals surface area contributed by atoms with E-state index in [4.69, 9.17) is 16.9 Å². The number of rotatable bonds is 4. The van der Waals surface area contributed by atoms with Gasteiger partial charge in [-0.3, -0.25) is 0 Å².